The molecule has 2 aromatic heterocycles. The standard InChI is InChI=1S/C20H24N4O.CH2O2/c1-13(2)24-12-16(11-21-24)18-8-14(3)17-7-6-15(9-19(17)22-18)10-20(25)23(4)5;2-1-3/h6-9,11-13H,10H2,1-5H3;1H,(H,2,3). The highest BCUT2D eigenvalue weighted by Gasteiger charge is 2.11. The van der Waals surface area contributed by atoms with E-state index in [2.05, 4.69) is 38.0 Å². The van der Waals surface area contributed by atoms with E-state index in [1.165, 1.54) is 5.56 Å². The van der Waals surface area contributed by atoms with Crippen LogP contribution in [0.3, 0.4) is 0 Å². The summed E-state index contributed by atoms with van der Waals surface area (Å²) in [6.07, 6.45) is 4.27. The largest absolute Gasteiger partial charge is 0.483 e. The zero-order valence-corrected chi connectivity index (χ0v) is 16.9. The van der Waals surface area contributed by atoms with Gasteiger partial charge >= 0.3 is 0 Å². The molecule has 0 spiro atoms. The number of aryl methyl sites for hydroxylation is 1. The fraction of sp³-hybridized carbons (Fsp3) is 0.333. The molecular weight excluding hydrogens is 356 g/mol. The molecule has 0 unspecified atom stereocenters. The number of nitrogens with zero attached hydrogens (tertiary/aromatic N) is 4. The minimum absolute atomic E-state index is 0.0884. The number of hydrogen-bond acceptors (Lipinski definition) is 4. The molecule has 0 saturated heterocycles. The van der Waals surface area contributed by atoms with Crippen LogP contribution in [-0.4, -0.2) is 51.2 Å². The second-order valence-corrected chi connectivity index (χ2v) is 7.05. The van der Waals surface area contributed by atoms with E-state index in [1.807, 2.05) is 29.2 Å². The number of carbonyl (C=O) groups is 2. The molecule has 28 heavy (non-hydrogen) atoms. The predicted molar refractivity (Wildman–Crippen MR) is 109 cm³/mol. The van der Waals surface area contributed by atoms with E-state index in [4.69, 9.17) is 14.9 Å². The third-order valence-corrected chi connectivity index (χ3v) is 4.36. The molecule has 2 heterocycles. The fourth-order valence-electron chi connectivity index (χ4n) is 2.79. The maximum Gasteiger partial charge on any atom is 0.290 e. The lowest BCUT2D eigenvalue weighted by atomic mass is 10.0. The van der Waals surface area contributed by atoms with Gasteiger partial charge in [-0.25, -0.2) is 4.98 Å². The third kappa shape index (κ3) is 4.94. The summed E-state index contributed by atoms with van der Waals surface area (Å²) in [6.45, 7) is 6.04. The molecule has 7 nitrogen and oxygen atoms in total. The van der Waals surface area contributed by atoms with Gasteiger partial charge in [0.1, 0.15) is 0 Å². The zero-order chi connectivity index (χ0) is 20.8. The van der Waals surface area contributed by atoms with Crippen LogP contribution in [-0.2, 0) is 16.0 Å². The lowest BCUT2D eigenvalue weighted by Crippen LogP contribution is -2.23. The van der Waals surface area contributed by atoms with E-state index in [0.29, 0.717) is 12.5 Å². The van der Waals surface area contributed by atoms with Gasteiger partial charge in [-0.1, -0.05) is 12.1 Å². The molecule has 0 atom stereocenters. The second-order valence-electron chi connectivity index (χ2n) is 7.05. The molecule has 0 bridgehead atoms. The van der Waals surface area contributed by atoms with Crippen molar-refractivity contribution in [3.63, 3.8) is 0 Å². The van der Waals surface area contributed by atoms with Crippen molar-refractivity contribution in [2.45, 2.75) is 33.2 Å². The van der Waals surface area contributed by atoms with Crippen molar-refractivity contribution in [3.05, 3.63) is 47.8 Å². The number of likely N-dealkylation sites (N-methyl/N-ethyl adjacent to an activating group) is 1. The smallest absolute Gasteiger partial charge is 0.290 e. The quantitative estimate of drug-likeness (QED) is 0.699. The maximum absolute atomic E-state index is 12.0. The van der Waals surface area contributed by atoms with Crippen molar-refractivity contribution in [2.75, 3.05) is 14.1 Å². The average molecular weight is 382 g/mol. The highest BCUT2D eigenvalue weighted by molar-refractivity contribution is 5.87. The van der Waals surface area contributed by atoms with E-state index in [9.17, 15) is 4.79 Å². The van der Waals surface area contributed by atoms with Gasteiger partial charge in [-0.15, -0.1) is 0 Å². The maximum atomic E-state index is 12.0. The third-order valence-electron chi connectivity index (χ3n) is 4.36. The van der Waals surface area contributed by atoms with E-state index < -0.39 is 0 Å². The molecule has 0 fully saturated rings. The van der Waals surface area contributed by atoms with Crippen molar-refractivity contribution in [3.8, 4) is 11.3 Å². The number of carbonyl (C=O) groups excluding carboxylic acids is 1. The second kappa shape index (κ2) is 9.12. The van der Waals surface area contributed by atoms with Crippen LogP contribution in [0.1, 0.15) is 31.0 Å². The molecule has 1 N–H and O–H groups in total. The van der Waals surface area contributed by atoms with E-state index in [0.717, 1.165) is 27.7 Å². The van der Waals surface area contributed by atoms with Crippen LogP contribution in [0.4, 0.5) is 0 Å². The lowest BCUT2D eigenvalue weighted by molar-refractivity contribution is -0.128. The average Bonchev–Trinajstić information content (AvgIpc) is 3.12. The summed E-state index contributed by atoms with van der Waals surface area (Å²) in [5.41, 5.74) is 4.98. The highest BCUT2D eigenvalue weighted by Crippen LogP contribution is 2.25. The molecule has 3 aromatic rings. The first kappa shape index (κ1) is 21.1. The highest BCUT2D eigenvalue weighted by atomic mass is 16.3. The topological polar surface area (TPSA) is 88.3 Å². The van der Waals surface area contributed by atoms with Gasteiger partial charge < -0.3 is 10.0 Å². The van der Waals surface area contributed by atoms with Crippen molar-refractivity contribution in [1.29, 1.82) is 0 Å². The molecule has 0 aliphatic rings. The van der Waals surface area contributed by atoms with Gasteiger partial charge in [0, 0.05) is 37.3 Å². The number of aromatic nitrogens is 3. The minimum atomic E-state index is -0.250. The number of pyridine rings is 1. The predicted octanol–water partition coefficient (Wildman–Crippen LogP) is 3.32. The molecule has 0 aliphatic carbocycles. The molecule has 7 heteroatoms. The van der Waals surface area contributed by atoms with Crippen LogP contribution in [0.15, 0.2) is 36.7 Å². The van der Waals surface area contributed by atoms with Crippen LogP contribution in [0, 0.1) is 6.92 Å². The first-order valence-corrected chi connectivity index (χ1v) is 8.99. The number of rotatable bonds is 4. The molecule has 0 saturated carbocycles. The van der Waals surface area contributed by atoms with Crippen molar-refractivity contribution in [2.24, 2.45) is 0 Å². The van der Waals surface area contributed by atoms with Crippen LogP contribution in [0.25, 0.3) is 22.2 Å². The van der Waals surface area contributed by atoms with E-state index in [1.54, 1.807) is 19.0 Å². The monoisotopic (exact) mass is 382 g/mol. The molecular formula is C21H26N4O3. The summed E-state index contributed by atoms with van der Waals surface area (Å²) in [7, 11) is 3.55. The Morgan fingerprint density at radius 2 is 1.96 bits per heavy atom. The summed E-state index contributed by atoms with van der Waals surface area (Å²) in [5.74, 6) is 0.0884. The van der Waals surface area contributed by atoms with E-state index in [-0.39, 0.29) is 12.4 Å². The summed E-state index contributed by atoms with van der Waals surface area (Å²) in [5, 5.41) is 12.4. The van der Waals surface area contributed by atoms with Crippen LogP contribution < -0.4 is 0 Å². The van der Waals surface area contributed by atoms with Crippen molar-refractivity contribution in [1.82, 2.24) is 19.7 Å². The van der Waals surface area contributed by atoms with Gasteiger partial charge in [0.2, 0.25) is 5.91 Å². The van der Waals surface area contributed by atoms with Gasteiger partial charge in [-0.05, 0) is 44.0 Å². The Balaban J connectivity index is 0.000000878. The molecule has 0 aliphatic heterocycles. The summed E-state index contributed by atoms with van der Waals surface area (Å²) in [4.78, 5) is 26.8. The van der Waals surface area contributed by atoms with Gasteiger partial charge in [0.15, 0.2) is 0 Å². The van der Waals surface area contributed by atoms with Crippen LogP contribution in [0.2, 0.25) is 0 Å². The molecule has 1 aromatic carbocycles. The van der Waals surface area contributed by atoms with Crippen LogP contribution >= 0.6 is 0 Å². The molecule has 0 radical (unpaired) electrons. The Morgan fingerprint density at radius 3 is 2.54 bits per heavy atom. The van der Waals surface area contributed by atoms with E-state index >= 15 is 0 Å². The molecule has 148 valence electrons. The fourth-order valence-corrected chi connectivity index (χ4v) is 2.79. The number of fused-ring (bicyclic) bond motifs is 1. The normalized spacial score (nSPS) is 10.5. The van der Waals surface area contributed by atoms with Crippen molar-refractivity contribution < 1.29 is 14.7 Å². The number of amides is 1. The molecule has 1 amide bonds. The van der Waals surface area contributed by atoms with Crippen LogP contribution in [0.5, 0.6) is 0 Å². The zero-order valence-electron chi connectivity index (χ0n) is 16.9. The first-order valence-electron chi connectivity index (χ1n) is 8.99. The van der Waals surface area contributed by atoms with Gasteiger partial charge in [0.25, 0.3) is 6.47 Å². The van der Waals surface area contributed by atoms with Gasteiger partial charge in [-0.2, -0.15) is 5.10 Å². The Hall–Kier alpha value is -3.22. The Labute approximate surface area is 164 Å². The Kier molecular flexibility index (Phi) is 6.87. The summed E-state index contributed by atoms with van der Waals surface area (Å²) in [6, 6.07) is 8.49. The Bertz CT molecular complexity index is 977. The first-order chi connectivity index (χ1) is 13.3. The molecule has 3 rings (SSSR count). The van der Waals surface area contributed by atoms with Crippen molar-refractivity contribution >= 4 is 23.3 Å². The Morgan fingerprint density at radius 1 is 1.29 bits per heavy atom. The summed E-state index contributed by atoms with van der Waals surface area (Å²) >= 11 is 0. The van der Waals surface area contributed by atoms with Gasteiger partial charge in [0.05, 0.1) is 23.8 Å². The van der Waals surface area contributed by atoms with Gasteiger partial charge in [-0.3, -0.25) is 14.3 Å². The summed E-state index contributed by atoms with van der Waals surface area (Å²) < 4.78 is 1.93. The number of benzene rings is 1. The minimum Gasteiger partial charge on any atom is -0.483 e. The lowest BCUT2D eigenvalue weighted by Gasteiger charge is -2.11. The number of carboxylic acid groups (broad SMARTS) is 1. The number of hydrogen-bond donors (Lipinski definition) is 1. The SMILES string of the molecule is Cc1cc(-c2cnn(C(C)C)c2)nc2cc(CC(=O)N(C)C)ccc12.O=CO.